The second-order valence-electron chi connectivity index (χ2n) is 6.69. The number of nitrogens with one attached hydrogen (secondary N) is 2. The first kappa shape index (κ1) is 18.3. The number of rotatable bonds is 6. The molecule has 132 valence electrons. The zero-order valence-electron chi connectivity index (χ0n) is 14.3. The quantitative estimate of drug-likeness (QED) is 0.642. The summed E-state index contributed by atoms with van der Waals surface area (Å²) in [4.78, 5) is 23.1. The van der Waals surface area contributed by atoms with Crippen molar-refractivity contribution in [3.05, 3.63) is 29.8 Å². The molecule has 6 nitrogen and oxygen atoms in total. The van der Waals surface area contributed by atoms with Crippen molar-refractivity contribution in [1.29, 1.82) is 0 Å². The molecule has 6 heteroatoms. The summed E-state index contributed by atoms with van der Waals surface area (Å²) in [5.41, 5.74) is 12.7. The molecular weight excluding hydrogens is 304 g/mol. The lowest BCUT2D eigenvalue weighted by molar-refractivity contribution is -0.123. The monoisotopic (exact) mass is 332 g/mol. The molecule has 2 unspecified atom stereocenters. The lowest BCUT2D eigenvalue weighted by atomic mass is 9.85. The van der Waals surface area contributed by atoms with Gasteiger partial charge in [-0.15, -0.1) is 0 Å². The SMILES string of the molecule is CC(NC(=O)C(N)CC1CCCCC1)c1ccc(NC(N)=O)cc1. The predicted molar refractivity (Wildman–Crippen MR) is 95.4 cm³/mol. The molecule has 2 atom stereocenters. The molecule has 0 aliphatic heterocycles. The van der Waals surface area contributed by atoms with Gasteiger partial charge in [-0.05, 0) is 37.0 Å². The first-order valence-electron chi connectivity index (χ1n) is 8.68. The summed E-state index contributed by atoms with van der Waals surface area (Å²) in [5, 5.41) is 5.48. The number of hydrogen-bond acceptors (Lipinski definition) is 3. The first-order chi connectivity index (χ1) is 11.5. The Morgan fingerprint density at radius 1 is 1.17 bits per heavy atom. The number of primary amides is 1. The Kier molecular flexibility index (Phi) is 6.61. The molecule has 0 heterocycles. The van der Waals surface area contributed by atoms with Crippen molar-refractivity contribution in [1.82, 2.24) is 5.32 Å². The summed E-state index contributed by atoms with van der Waals surface area (Å²) in [7, 11) is 0. The van der Waals surface area contributed by atoms with Gasteiger partial charge >= 0.3 is 6.03 Å². The number of benzene rings is 1. The molecule has 1 fully saturated rings. The van der Waals surface area contributed by atoms with E-state index in [9.17, 15) is 9.59 Å². The highest BCUT2D eigenvalue weighted by Gasteiger charge is 2.22. The standard InChI is InChI=1S/C18H28N4O2/c1-12(14-7-9-15(10-8-14)22-18(20)24)21-17(23)16(19)11-13-5-3-2-4-6-13/h7-10,12-13,16H,2-6,11,19H2,1H3,(H,21,23)(H3,20,22,24). The molecule has 2 rings (SSSR count). The van der Waals surface area contributed by atoms with Crippen molar-refractivity contribution in [3.8, 4) is 0 Å². The topological polar surface area (TPSA) is 110 Å². The lowest BCUT2D eigenvalue weighted by Crippen LogP contribution is -2.42. The van der Waals surface area contributed by atoms with Crippen LogP contribution in [-0.4, -0.2) is 18.0 Å². The Hall–Kier alpha value is -2.08. The van der Waals surface area contributed by atoms with Gasteiger partial charge in [-0.1, -0.05) is 44.2 Å². The minimum Gasteiger partial charge on any atom is -0.351 e. The maximum atomic E-state index is 12.3. The lowest BCUT2D eigenvalue weighted by Gasteiger charge is -2.25. The fourth-order valence-electron chi connectivity index (χ4n) is 3.29. The van der Waals surface area contributed by atoms with E-state index in [1.807, 2.05) is 19.1 Å². The third-order valence-corrected chi connectivity index (χ3v) is 4.69. The van der Waals surface area contributed by atoms with Gasteiger partial charge in [0.1, 0.15) is 0 Å². The molecule has 0 saturated heterocycles. The van der Waals surface area contributed by atoms with Gasteiger partial charge in [0.2, 0.25) is 5.91 Å². The van der Waals surface area contributed by atoms with Gasteiger partial charge in [0.05, 0.1) is 12.1 Å². The number of nitrogens with two attached hydrogens (primary N) is 2. The average molecular weight is 332 g/mol. The number of hydrogen-bond donors (Lipinski definition) is 4. The maximum absolute atomic E-state index is 12.3. The number of carbonyl (C=O) groups is 2. The Morgan fingerprint density at radius 2 is 1.79 bits per heavy atom. The largest absolute Gasteiger partial charge is 0.351 e. The molecule has 0 aromatic heterocycles. The van der Waals surface area contributed by atoms with Crippen LogP contribution >= 0.6 is 0 Å². The van der Waals surface area contributed by atoms with Crippen LogP contribution in [0.3, 0.4) is 0 Å². The first-order valence-corrected chi connectivity index (χ1v) is 8.68. The fraction of sp³-hybridized carbons (Fsp3) is 0.556. The van der Waals surface area contributed by atoms with Crippen LogP contribution in [0, 0.1) is 5.92 Å². The van der Waals surface area contributed by atoms with Crippen LogP contribution in [0.2, 0.25) is 0 Å². The summed E-state index contributed by atoms with van der Waals surface area (Å²) in [6.07, 6.45) is 6.94. The van der Waals surface area contributed by atoms with E-state index in [4.69, 9.17) is 11.5 Å². The van der Waals surface area contributed by atoms with Crippen molar-refractivity contribution in [2.45, 2.75) is 57.5 Å². The smallest absolute Gasteiger partial charge is 0.316 e. The molecule has 0 spiro atoms. The molecule has 3 amide bonds. The maximum Gasteiger partial charge on any atom is 0.316 e. The van der Waals surface area contributed by atoms with Crippen LogP contribution in [-0.2, 0) is 4.79 Å². The highest BCUT2D eigenvalue weighted by Crippen LogP contribution is 2.27. The normalized spacial score (nSPS) is 17.8. The molecule has 0 radical (unpaired) electrons. The summed E-state index contributed by atoms with van der Waals surface area (Å²) in [6.45, 7) is 1.92. The highest BCUT2D eigenvalue weighted by atomic mass is 16.2. The van der Waals surface area contributed by atoms with E-state index in [1.165, 1.54) is 32.1 Å². The molecule has 1 aromatic carbocycles. The van der Waals surface area contributed by atoms with Gasteiger partial charge in [0.25, 0.3) is 0 Å². The van der Waals surface area contributed by atoms with Crippen molar-refractivity contribution in [2.75, 3.05) is 5.32 Å². The fourth-order valence-corrected chi connectivity index (χ4v) is 3.29. The molecular formula is C18H28N4O2. The van der Waals surface area contributed by atoms with Gasteiger partial charge in [-0.2, -0.15) is 0 Å². The minimum atomic E-state index is -0.599. The number of carbonyl (C=O) groups excluding carboxylic acids is 2. The Bertz CT molecular complexity index is 553. The van der Waals surface area contributed by atoms with Crippen molar-refractivity contribution >= 4 is 17.6 Å². The van der Waals surface area contributed by atoms with E-state index >= 15 is 0 Å². The van der Waals surface area contributed by atoms with Gasteiger partial charge in [0, 0.05) is 5.69 Å². The van der Waals surface area contributed by atoms with E-state index < -0.39 is 12.1 Å². The number of amides is 3. The average Bonchev–Trinajstić information content (AvgIpc) is 2.55. The van der Waals surface area contributed by atoms with E-state index in [0.717, 1.165) is 12.0 Å². The third-order valence-electron chi connectivity index (χ3n) is 4.69. The predicted octanol–water partition coefficient (Wildman–Crippen LogP) is 2.65. The van der Waals surface area contributed by atoms with Gasteiger partial charge in [-0.3, -0.25) is 4.79 Å². The second kappa shape index (κ2) is 8.68. The molecule has 0 bridgehead atoms. The second-order valence-corrected chi connectivity index (χ2v) is 6.69. The van der Waals surface area contributed by atoms with Gasteiger partial charge in [0.15, 0.2) is 0 Å². The molecule has 1 aromatic rings. The van der Waals surface area contributed by atoms with Crippen LogP contribution in [0.25, 0.3) is 0 Å². The molecule has 1 aliphatic carbocycles. The Morgan fingerprint density at radius 3 is 2.38 bits per heavy atom. The molecule has 1 saturated carbocycles. The van der Waals surface area contributed by atoms with Crippen molar-refractivity contribution in [3.63, 3.8) is 0 Å². The van der Waals surface area contributed by atoms with E-state index in [0.29, 0.717) is 11.6 Å². The van der Waals surface area contributed by atoms with E-state index in [2.05, 4.69) is 10.6 Å². The van der Waals surface area contributed by atoms with Crippen molar-refractivity contribution in [2.24, 2.45) is 17.4 Å². The molecule has 24 heavy (non-hydrogen) atoms. The van der Waals surface area contributed by atoms with Crippen LogP contribution in [0.5, 0.6) is 0 Å². The zero-order valence-corrected chi connectivity index (χ0v) is 14.3. The minimum absolute atomic E-state index is 0.104. The molecule has 1 aliphatic rings. The summed E-state index contributed by atoms with van der Waals surface area (Å²) < 4.78 is 0. The summed E-state index contributed by atoms with van der Waals surface area (Å²) >= 11 is 0. The Labute approximate surface area is 143 Å². The number of urea groups is 1. The van der Waals surface area contributed by atoms with E-state index in [1.54, 1.807) is 12.1 Å². The third kappa shape index (κ3) is 5.53. The zero-order chi connectivity index (χ0) is 17.5. The van der Waals surface area contributed by atoms with Crippen LogP contribution in [0.1, 0.15) is 57.1 Å². The Balaban J connectivity index is 1.84. The van der Waals surface area contributed by atoms with Gasteiger partial charge < -0.3 is 22.1 Å². The summed E-state index contributed by atoms with van der Waals surface area (Å²) in [6, 6.07) is 6.02. The highest BCUT2D eigenvalue weighted by molar-refractivity contribution is 5.87. The summed E-state index contributed by atoms with van der Waals surface area (Å²) in [5.74, 6) is 0.473. The van der Waals surface area contributed by atoms with Crippen molar-refractivity contribution < 1.29 is 9.59 Å². The van der Waals surface area contributed by atoms with Crippen LogP contribution < -0.4 is 22.1 Å². The van der Waals surface area contributed by atoms with Gasteiger partial charge in [-0.25, -0.2) is 4.79 Å². The number of anilines is 1. The van der Waals surface area contributed by atoms with Crippen LogP contribution in [0.4, 0.5) is 10.5 Å². The van der Waals surface area contributed by atoms with Crippen LogP contribution in [0.15, 0.2) is 24.3 Å². The van der Waals surface area contributed by atoms with E-state index in [-0.39, 0.29) is 11.9 Å². The molecule has 6 N–H and O–H groups in total.